The highest BCUT2D eigenvalue weighted by Gasteiger charge is 2.20. The predicted octanol–water partition coefficient (Wildman–Crippen LogP) is 3.43. The molecule has 1 amide bonds. The van der Waals surface area contributed by atoms with E-state index >= 15 is 0 Å². The summed E-state index contributed by atoms with van der Waals surface area (Å²) in [4.78, 5) is 20.4. The van der Waals surface area contributed by atoms with Crippen molar-refractivity contribution in [2.45, 2.75) is 13.0 Å². The van der Waals surface area contributed by atoms with Crippen LogP contribution in [0.3, 0.4) is 0 Å². The summed E-state index contributed by atoms with van der Waals surface area (Å²) in [5.41, 5.74) is 3.37. The number of aromatic amines is 1. The molecule has 0 aliphatic heterocycles. The van der Waals surface area contributed by atoms with Gasteiger partial charge in [0.15, 0.2) is 5.76 Å². The molecule has 4 aromatic rings. The average molecular weight is 349 g/mol. The molecule has 2 aromatic heterocycles. The van der Waals surface area contributed by atoms with Crippen LogP contribution in [0.15, 0.2) is 52.9 Å². The summed E-state index contributed by atoms with van der Waals surface area (Å²) >= 11 is 0. The molecule has 2 aromatic carbocycles. The molecule has 6 nitrogen and oxygen atoms in total. The number of furan rings is 1. The standard InChI is InChI=1S/C20H19N3O3/c1-25-12-14-13-6-2-5-9-17(13)26-19(14)20(24)21-11-10-18-22-15-7-3-4-8-16(15)23-18/h2-9H,10-12H2,1H3,(H,21,24)(H,22,23). The largest absolute Gasteiger partial charge is 0.451 e. The summed E-state index contributed by atoms with van der Waals surface area (Å²) in [7, 11) is 1.60. The third-order valence-corrected chi connectivity index (χ3v) is 4.28. The number of benzene rings is 2. The highest BCUT2D eigenvalue weighted by atomic mass is 16.5. The zero-order chi connectivity index (χ0) is 17.9. The predicted molar refractivity (Wildman–Crippen MR) is 99.1 cm³/mol. The zero-order valence-electron chi connectivity index (χ0n) is 14.4. The average Bonchev–Trinajstić information content (AvgIpc) is 3.23. The fourth-order valence-electron chi connectivity index (χ4n) is 3.07. The second kappa shape index (κ2) is 7.01. The summed E-state index contributed by atoms with van der Waals surface area (Å²) in [5, 5.41) is 3.80. The van der Waals surface area contributed by atoms with Gasteiger partial charge in [-0.1, -0.05) is 30.3 Å². The number of carbonyl (C=O) groups is 1. The Bertz CT molecular complexity index is 1030. The summed E-state index contributed by atoms with van der Waals surface area (Å²) in [5.74, 6) is 0.898. The topological polar surface area (TPSA) is 80.1 Å². The fraction of sp³-hybridized carbons (Fsp3) is 0.200. The van der Waals surface area contributed by atoms with E-state index in [1.165, 1.54) is 0 Å². The normalized spacial score (nSPS) is 11.3. The number of aromatic nitrogens is 2. The molecule has 0 aliphatic rings. The lowest BCUT2D eigenvalue weighted by Crippen LogP contribution is -2.26. The van der Waals surface area contributed by atoms with Crippen LogP contribution >= 0.6 is 0 Å². The van der Waals surface area contributed by atoms with E-state index < -0.39 is 0 Å². The van der Waals surface area contributed by atoms with Gasteiger partial charge in [0.05, 0.1) is 17.6 Å². The molecule has 0 bridgehead atoms. The Morgan fingerprint density at radius 1 is 1.19 bits per heavy atom. The Labute approximate surface area is 150 Å². The van der Waals surface area contributed by atoms with E-state index in [2.05, 4.69) is 15.3 Å². The molecule has 6 heteroatoms. The Morgan fingerprint density at radius 2 is 2.00 bits per heavy atom. The van der Waals surface area contributed by atoms with Crippen molar-refractivity contribution in [3.8, 4) is 0 Å². The number of methoxy groups -OCH3 is 1. The fourth-order valence-corrected chi connectivity index (χ4v) is 3.07. The van der Waals surface area contributed by atoms with Crippen molar-refractivity contribution in [3.05, 3.63) is 65.7 Å². The van der Waals surface area contributed by atoms with Gasteiger partial charge in [-0.2, -0.15) is 0 Å². The van der Waals surface area contributed by atoms with Crippen LogP contribution in [0, 0.1) is 0 Å². The maximum Gasteiger partial charge on any atom is 0.287 e. The van der Waals surface area contributed by atoms with Crippen LogP contribution in [0.1, 0.15) is 21.9 Å². The van der Waals surface area contributed by atoms with Crippen LogP contribution in [0.25, 0.3) is 22.0 Å². The quantitative estimate of drug-likeness (QED) is 0.559. The number of amides is 1. The maximum absolute atomic E-state index is 12.6. The monoisotopic (exact) mass is 349 g/mol. The van der Waals surface area contributed by atoms with E-state index in [4.69, 9.17) is 9.15 Å². The summed E-state index contributed by atoms with van der Waals surface area (Å²) in [6, 6.07) is 15.4. The lowest BCUT2D eigenvalue weighted by molar-refractivity contribution is 0.0922. The molecule has 4 rings (SSSR count). The highest BCUT2D eigenvalue weighted by Crippen LogP contribution is 2.26. The first-order valence-corrected chi connectivity index (χ1v) is 8.47. The van der Waals surface area contributed by atoms with Crippen LogP contribution in [0.2, 0.25) is 0 Å². The van der Waals surface area contributed by atoms with Crippen molar-refractivity contribution in [2.75, 3.05) is 13.7 Å². The molecule has 0 fully saturated rings. The molecular formula is C20H19N3O3. The third kappa shape index (κ3) is 3.07. The van der Waals surface area contributed by atoms with Crippen LogP contribution < -0.4 is 5.32 Å². The molecule has 132 valence electrons. The molecular weight excluding hydrogens is 330 g/mol. The van der Waals surface area contributed by atoms with E-state index in [0.29, 0.717) is 30.9 Å². The van der Waals surface area contributed by atoms with Crippen molar-refractivity contribution >= 4 is 27.9 Å². The minimum atomic E-state index is -0.246. The lowest BCUT2D eigenvalue weighted by Gasteiger charge is -2.04. The number of H-pyrrole nitrogens is 1. The van der Waals surface area contributed by atoms with E-state index in [9.17, 15) is 4.79 Å². The number of fused-ring (bicyclic) bond motifs is 2. The van der Waals surface area contributed by atoms with Gasteiger partial charge in [0.2, 0.25) is 0 Å². The van der Waals surface area contributed by atoms with Crippen LogP contribution in [0.5, 0.6) is 0 Å². The Morgan fingerprint density at radius 3 is 2.85 bits per heavy atom. The molecule has 0 unspecified atom stereocenters. The Kier molecular flexibility index (Phi) is 4.41. The van der Waals surface area contributed by atoms with Crippen molar-refractivity contribution in [3.63, 3.8) is 0 Å². The summed E-state index contributed by atoms with van der Waals surface area (Å²) < 4.78 is 11.0. The molecule has 26 heavy (non-hydrogen) atoms. The smallest absolute Gasteiger partial charge is 0.287 e. The first-order valence-electron chi connectivity index (χ1n) is 8.47. The number of ether oxygens (including phenoxy) is 1. The second-order valence-corrected chi connectivity index (χ2v) is 6.05. The van der Waals surface area contributed by atoms with Crippen molar-refractivity contribution in [1.29, 1.82) is 0 Å². The SMILES string of the molecule is COCc1c(C(=O)NCCc2nc3ccccc3[nH]2)oc2ccccc12. The number of hydrogen-bond acceptors (Lipinski definition) is 4. The van der Waals surface area contributed by atoms with Crippen LogP contribution in [-0.4, -0.2) is 29.5 Å². The first kappa shape index (κ1) is 16.4. The number of hydrogen-bond donors (Lipinski definition) is 2. The Hall–Kier alpha value is -3.12. The number of imidazole rings is 1. The molecule has 0 radical (unpaired) electrons. The van der Waals surface area contributed by atoms with Crippen LogP contribution in [0.4, 0.5) is 0 Å². The van der Waals surface area contributed by atoms with E-state index in [1.807, 2.05) is 48.5 Å². The van der Waals surface area contributed by atoms with E-state index in [0.717, 1.165) is 27.8 Å². The van der Waals surface area contributed by atoms with Gasteiger partial charge < -0.3 is 19.5 Å². The van der Waals surface area contributed by atoms with Gasteiger partial charge >= 0.3 is 0 Å². The molecule has 0 saturated carbocycles. The van der Waals surface area contributed by atoms with Crippen molar-refractivity contribution in [2.24, 2.45) is 0 Å². The van der Waals surface area contributed by atoms with Crippen molar-refractivity contribution in [1.82, 2.24) is 15.3 Å². The third-order valence-electron chi connectivity index (χ3n) is 4.28. The maximum atomic E-state index is 12.6. The zero-order valence-corrected chi connectivity index (χ0v) is 14.4. The molecule has 0 atom stereocenters. The van der Waals surface area contributed by atoms with Gasteiger partial charge in [-0.15, -0.1) is 0 Å². The van der Waals surface area contributed by atoms with Crippen molar-refractivity contribution < 1.29 is 13.9 Å². The Balaban J connectivity index is 1.47. The number of nitrogens with one attached hydrogen (secondary N) is 2. The molecule has 2 N–H and O–H groups in total. The second-order valence-electron chi connectivity index (χ2n) is 6.05. The van der Waals surface area contributed by atoms with E-state index in [-0.39, 0.29) is 5.91 Å². The minimum Gasteiger partial charge on any atom is -0.451 e. The van der Waals surface area contributed by atoms with Gasteiger partial charge in [0.1, 0.15) is 11.4 Å². The molecule has 0 aliphatic carbocycles. The van der Waals surface area contributed by atoms with Crippen LogP contribution in [-0.2, 0) is 17.8 Å². The van der Waals surface area contributed by atoms with Gasteiger partial charge in [0.25, 0.3) is 5.91 Å². The van der Waals surface area contributed by atoms with Gasteiger partial charge in [-0.05, 0) is 18.2 Å². The first-order chi connectivity index (χ1) is 12.8. The number of nitrogens with zero attached hydrogens (tertiary/aromatic N) is 1. The molecule has 0 spiro atoms. The van der Waals surface area contributed by atoms with Gasteiger partial charge in [-0.3, -0.25) is 4.79 Å². The summed E-state index contributed by atoms with van der Waals surface area (Å²) in [6.07, 6.45) is 0.611. The number of para-hydroxylation sites is 3. The molecule has 2 heterocycles. The molecule has 0 saturated heterocycles. The number of rotatable bonds is 6. The van der Waals surface area contributed by atoms with E-state index in [1.54, 1.807) is 7.11 Å². The van der Waals surface area contributed by atoms with Gasteiger partial charge in [-0.25, -0.2) is 4.98 Å². The van der Waals surface area contributed by atoms with Gasteiger partial charge in [0, 0.05) is 31.0 Å². The number of carbonyl (C=O) groups excluding carboxylic acids is 1. The lowest BCUT2D eigenvalue weighted by atomic mass is 10.1. The highest BCUT2D eigenvalue weighted by molar-refractivity contribution is 5.99. The summed E-state index contributed by atoms with van der Waals surface area (Å²) in [6.45, 7) is 0.783. The minimum absolute atomic E-state index is 0.246.